The average Bonchev–Trinajstić information content (AvgIpc) is 2.42. The highest BCUT2D eigenvalue weighted by Gasteiger charge is 2.02. The van der Waals surface area contributed by atoms with E-state index >= 15 is 0 Å². The van der Waals surface area contributed by atoms with E-state index in [2.05, 4.69) is 19.2 Å². The minimum Gasteiger partial charge on any atom is -0.449 e. The van der Waals surface area contributed by atoms with Gasteiger partial charge in [-0.05, 0) is 11.8 Å². The van der Waals surface area contributed by atoms with E-state index in [1.165, 1.54) is 0 Å². The van der Waals surface area contributed by atoms with E-state index in [9.17, 15) is 4.79 Å². The molecule has 0 unspecified atom stereocenters. The van der Waals surface area contributed by atoms with Crippen molar-refractivity contribution >= 4 is 6.09 Å². The van der Waals surface area contributed by atoms with Crippen molar-refractivity contribution in [2.75, 3.05) is 52.8 Å². The Labute approximate surface area is 129 Å². The highest BCUT2D eigenvalue weighted by molar-refractivity contribution is 5.67. The Morgan fingerprint density at radius 2 is 1.38 bits per heavy atom. The van der Waals surface area contributed by atoms with Crippen LogP contribution in [0.2, 0.25) is 0 Å². The highest BCUT2D eigenvalue weighted by atomic mass is 16.6. The van der Waals surface area contributed by atoms with Crippen LogP contribution in [-0.2, 0) is 18.9 Å². The van der Waals surface area contributed by atoms with Crippen LogP contribution < -0.4 is 5.32 Å². The van der Waals surface area contributed by atoms with E-state index in [-0.39, 0.29) is 1.43 Å². The van der Waals surface area contributed by atoms with Gasteiger partial charge in [0.15, 0.2) is 0 Å². The first-order chi connectivity index (χ1) is 10.0. The molecule has 1 N–H and O–H groups in total. The monoisotopic (exact) mass is 307 g/mol. The zero-order chi connectivity index (χ0) is 15.9. The topological polar surface area (TPSA) is 66.0 Å². The molecule has 1 amide bonds. The van der Waals surface area contributed by atoms with Crippen molar-refractivity contribution in [3.8, 4) is 0 Å². The van der Waals surface area contributed by atoms with Crippen molar-refractivity contribution in [3.63, 3.8) is 0 Å². The molecule has 0 aliphatic heterocycles. The largest absolute Gasteiger partial charge is 0.449 e. The van der Waals surface area contributed by atoms with Gasteiger partial charge in [0.05, 0.1) is 39.6 Å². The summed E-state index contributed by atoms with van der Waals surface area (Å²) in [4.78, 5) is 11.2. The molecule has 0 aromatic carbocycles. The summed E-state index contributed by atoms with van der Waals surface area (Å²) < 4.78 is 21.0. The van der Waals surface area contributed by atoms with Crippen LogP contribution in [-0.4, -0.2) is 58.9 Å². The maximum Gasteiger partial charge on any atom is 0.407 e. The molecule has 0 radical (unpaired) electrons. The molecule has 6 heteroatoms. The first-order valence-corrected chi connectivity index (χ1v) is 7.66. The van der Waals surface area contributed by atoms with Crippen LogP contribution in [0.1, 0.15) is 29.1 Å². The number of hydrogen-bond acceptors (Lipinski definition) is 5. The maximum absolute atomic E-state index is 11.2. The Hall–Kier alpha value is -0.850. The van der Waals surface area contributed by atoms with Gasteiger partial charge >= 0.3 is 6.09 Å². The van der Waals surface area contributed by atoms with E-state index in [0.29, 0.717) is 58.0 Å². The van der Waals surface area contributed by atoms with Crippen molar-refractivity contribution in [2.45, 2.75) is 27.7 Å². The molecular formula is C15H33NO5. The van der Waals surface area contributed by atoms with E-state index in [0.717, 1.165) is 6.61 Å². The molecule has 0 aromatic rings. The lowest BCUT2D eigenvalue weighted by Gasteiger charge is -2.09. The minimum absolute atomic E-state index is 0. The lowest BCUT2D eigenvalue weighted by atomic mass is 10.2. The second kappa shape index (κ2) is 14.1. The summed E-state index contributed by atoms with van der Waals surface area (Å²) in [5.41, 5.74) is 0. The van der Waals surface area contributed by atoms with E-state index in [1.807, 2.05) is 13.8 Å². The molecule has 0 atom stereocenters. The summed E-state index contributed by atoms with van der Waals surface area (Å²) in [5.74, 6) is 0.890. The molecule has 0 saturated carbocycles. The Bertz CT molecular complexity index is 252. The van der Waals surface area contributed by atoms with Gasteiger partial charge in [-0.3, -0.25) is 0 Å². The van der Waals surface area contributed by atoms with Gasteiger partial charge in [-0.2, -0.15) is 0 Å². The number of hydrogen-bond donors (Lipinski definition) is 1. The van der Waals surface area contributed by atoms with E-state index in [1.54, 1.807) is 0 Å². The second-order valence-electron chi connectivity index (χ2n) is 5.61. The summed E-state index contributed by atoms with van der Waals surface area (Å²) in [5, 5.41) is 2.62. The van der Waals surface area contributed by atoms with Gasteiger partial charge in [-0.25, -0.2) is 4.79 Å². The number of rotatable bonds is 13. The van der Waals surface area contributed by atoms with Crippen molar-refractivity contribution in [2.24, 2.45) is 11.8 Å². The van der Waals surface area contributed by atoms with Gasteiger partial charge in [0.25, 0.3) is 0 Å². The van der Waals surface area contributed by atoms with Crippen molar-refractivity contribution in [3.05, 3.63) is 0 Å². The molecule has 6 nitrogen and oxygen atoms in total. The average molecular weight is 307 g/mol. The quantitative estimate of drug-likeness (QED) is 0.529. The number of ether oxygens (including phenoxy) is 4. The number of amides is 1. The SMILES string of the molecule is CC(C)COCCOCCOCCNC(=O)OCC(C)C.[HH]. The smallest absolute Gasteiger partial charge is 0.407 e. The molecule has 0 aromatic heterocycles. The fourth-order valence-corrected chi connectivity index (χ4v) is 1.28. The molecule has 0 aliphatic carbocycles. The molecule has 0 heterocycles. The van der Waals surface area contributed by atoms with Crippen molar-refractivity contribution in [1.82, 2.24) is 5.32 Å². The molecule has 0 fully saturated rings. The predicted octanol–water partition coefficient (Wildman–Crippen LogP) is 2.32. The van der Waals surface area contributed by atoms with Crippen LogP contribution in [0.3, 0.4) is 0 Å². The van der Waals surface area contributed by atoms with Crippen LogP contribution in [0.5, 0.6) is 0 Å². The molecule has 0 aliphatic rings. The summed E-state index contributed by atoms with van der Waals surface area (Å²) in [7, 11) is 0. The van der Waals surface area contributed by atoms with Crippen molar-refractivity contribution < 1.29 is 25.2 Å². The highest BCUT2D eigenvalue weighted by Crippen LogP contribution is 1.92. The van der Waals surface area contributed by atoms with Crippen LogP contribution in [0.4, 0.5) is 4.79 Å². The van der Waals surface area contributed by atoms with E-state index < -0.39 is 6.09 Å². The molecule has 0 rings (SSSR count). The number of nitrogens with one attached hydrogen (secondary N) is 1. The zero-order valence-electron chi connectivity index (χ0n) is 13.9. The van der Waals surface area contributed by atoms with Crippen molar-refractivity contribution in [1.29, 1.82) is 0 Å². The van der Waals surface area contributed by atoms with Crippen LogP contribution >= 0.6 is 0 Å². The summed E-state index contributed by atoms with van der Waals surface area (Å²) in [6.07, 6.45) is -0.397. The third-order valence-corrected chi connectivity index (χ3v) is 2.26. The normalized spacial score (nSPS) is 11.1. The number of carbonyl (C=O) groups excluding carboxylic acids is 1. The van der Waals surface area contributed by atoms with Gasteiger partial charge in [0.1, 0.15) is 0 Å². The molecule has 0 spiro atoms. The standard InChI is InChI=1S/C15H31NO5.H2/c1-13(2)11-20-10-9-19-8-7-18-6-5-16-15(17)21-12-14(3)4;/h13-14H,5-12H2,1-4H3,(H,16,17);1H. The van der Waals surface area contributed by atoms with Gasteiger partial charge in [0.2, 0.25) is 0 Å². The Balaban J connectivity index is 0. The molecule has 128 valence electrons. The summed E-state index contributed by atoms with van der Waals surface area (Å²) in [6, 6.07) is 0. The molecule has 0 bridgehead atoms. The minimum atomic E-state index is -0.397. The first-order valence-electron chi connectivity index (χ1n) is 7.66. The van der Waals surface area contributed by atoms with Gasteiger partial charge in [-0.15, -0.1) is 0 Å². The fourth-order valence-electron chi connectivity index (χ4n) is 1.28. The Morgan fingerprint density at radius 1 is 0.857 bits per heavy atom. The fraction of sp³-hybridized carbons (Fsp3) is 0.933. The molecule has 0 saturated heterocycles. The van der Waals surface area contributed by atoms with Crippen LogP contribution in [0.25, 0.3) is 0 Å². The van der Waals surface area contributed by atoms with Gasteiger partial charge in [0, 0.05) is 14.6 Å². The second-order valence-corrected chi connectivity index (χ2v) is 5.61. The molecule has 21 heavy (non-hydrogen) atoms. The van der Waals surface area contributed by atoms with E-state index in [4.69, 9.17) is 18.9 Å². The lowest BCUT2D eigenvalue weighted by Crippen LogP contribution is -2.29. The predicted molar refractivity (Wildman–Crippen MR) is 83.6 cm³/mol. The van der Waals surface area contributed by atoms with Crippen LogP contribution in [0, 0.1) is 11.8 Å². The Morgan fingerprint density at radius 3 is 1.95 bits per heavy atom. The lowest BCUT2D eigenvalue weighted by molar-refractivity contribution is 0.01000. The number of alkyl carbamates (subject to hydrolysis) is 1. The third kappa shape index (κ3) is 17.1. The summed E-state index contributed by atoms with van der Waals surface area (Å²) in [6.45, 7) is 12.5. The zero-order valence-corrected chi connectivity index (χ0v) is 13.9. The van der Waals surface area contributed by atoms with Gasteiger partial charge in [-0.1, -0.05) is 27.7 Å². The van der Waals surface area contributed by atoms with Crippen LogP contribution in [0.15, 0.2) is 0 Å². The van der Waals surface area contributed by atoms with Gasteiger partial charge < -0.3 is 24.3 Å². The first kappa shape index (κ1) is 20.1. The summed E-state index contributed by atoms with van der Waals surface area (Å²) >= 11 is 0. The maximum atomic E-state index is 11.2. The number of carbonyl (C=O) groups is 1. The molecular weight excluding hydrogens is 274 g/mol. The Kier molecular flexibility index (Phi) is 13.5. The third-order valence-electron chi connectivity index (χ3n) is 2.26.